The van der Waals surface area contributed by atoms with E-state index in [2.05, 4.69) is 0 Å². The molecule has 1 fully saturated rings. The number of hydrogen-bond acceptors (Lipinski definition) is 4. The molecule has 0 unspecified atom stereocenters. The lowest BCUT2D eigenvalue weighted by Gasteiger charge is -2.63. The summed E-state index contributed by atoms with van der Waals surface area (Å²) in [7, 11) is 0. The highest BCUT2D eigenvalue weighted by atomic mass is 35.5. The van der Waals surface area contributed by atoms with E-state index < -0.39 is 33.5 Å². The van der Waals surface area contributed by atoms with Crippen LogP contribution < -0.4 is 9.47 Å². The predicted octanol–water partition coefficient (Wildman–Crippen LogP) is 3.34. The zero-order valence-corrected chi connectivity index (χ0v) is 13.7. The molecule has 0 saturated heterocycles. The normalized spacial score (nSPS) is 35.4. The first-order valence-corrected chi connectivity index (χ1v) is 8.25. The van der Waals surface area contributed by atoms with Crippen LogP contribution in [0.2, 0.25) is 0 Å². The van der Waals surface area contributed by atoms with Crippen molar-refractivity contribution < 1.29 is 19.1 Å². The zero-order chi connectivity index (χ0) is 16.7. The number of hydrogen-bond donors (Lipinski definition) is 0. The summed E-state index contributed by atoms with van der Waals surface area (Å²) >= 11 is 13.7. The van der Waals surface area contributed by atoms with Crippen LogP contribution in [0.15, 0.2) is 48.5 Å². The molecular formula is C18H10Cl2O4. The Balaban J connectivity index is 1.79. The minimum Gasteiger partial charge on any atom is -0.426 e. The number of esters is 2. The van der Waals surface area contributed by atoms with Crippen LogP contribution in [0, 0.1) is 11.8 Å². The predicted molar refractivity (Wildman–Crippen MR) is 86.2 cm³/mol. The summed E-state index contributed by atoms with van der Waals surface area (Å²) in [5, 5.41) is 0. The number of rotatable bonds is 0. The van der Waals surface area contributed by atoms with Gasteiger partial charge in [-0.3, -0.25) is 9.59 Å². The van der Waals surface area contributed by atoms with Gasteiger partial charge in [0.2, 0.25) is 0 Å². The molecule has 24 heavy (non-hydrogen) atoms. The number of halogens is 2. The van der Waals surface area contributed by atoms with Crippen molar-refractivity contribution in [2.45, 2.75) is 9.75 Å². The second kappa shape index (κ2) is 4.32. The van der Waals surface area contributed by atoms with Crippen molar-refractivity contribution in [3.05, 3.63) is 59.7 Å². The van der Waals surface area contributed by atoms with Crippen LogP contribution >= 0.6 is 23.2 Å². The molecule has 4 nitrogen and oxygen atoms in total. The summed E-state index contributed by atoms with van der Waals surface area (Å²) in [4.78, 5) is 22.8. The monoisotopic (exact) mass is 360 g/mol. The SMILES string of the molecule is O=C1Oc2ccccc2C2(Cl)C1C1(Cl)c3ccccc3OC(=O)C21. The third-order valence-corrected chi connectivity index (χ3v) is 6.45. The molecule has 2 heterocycles. The standard InChI is InChI=1S/C18H10Cl2O4/c19-17-9-5-1-3-7-11(9)23-15(21)13(17)18(20)10-6-2-4-8-12(10)24-16(22)14(17)18/h1-8,13-14H. The Morgan fingerprint density at radius 1 is 0.708 bits per heavy atom. The molecular weight excluding hydrogens is 351 g/mol. The van der Waals surface area contributed by atoms with Crippen LogP contribution in [0.4, 0.5) is 0 Å². The zero-order valence-electron chi connectivity index (χ0n) is 12.2. The van der Waals surface area contributed by atoms with Crippen LogP contribution in [0.3, 0.4) is 0 Å². The number of ether oxygens (including phenoxy) is 2. The fourth-order valence-corrected chi connectivity index (χ4v) is 5.70. The van der Waals surface area contributed by atoms with Gasteiger partial charge in [-0.25, -0.2) is 0 Å². The molecule has 1 aliphatic carbocycles. The fraction of sp³-hybridized carbons (Fsp3) is 0.222. The summed E-state index contributed by atoms with van der Waals surface area (Å²) in [6.07, 6.45) is 0. The molecule has 0 atom stereocenters. The van der Waals surface area contributed by atoms with E-state index in [1.807, 2.05) is 0 Å². The maximum Gasteiger partial charge on any atom is 0.318 e. The van der Waals surface area contributed by atoms with Crippen molar-refractivity contribution in [3.8, 4) is 11.5 Å². The molecule has 1 saturated carbocycles. The van der Waals surface area contributed by atoms with Gasteiger partial charge in [-0.2, -0.15) is 0 Å². The Bertz CT molecular complexity index is 839. The average molecular weight is 361 g/mol. The fourth-order valence-electron chi connectivity index (χ4n) is 4.24. The second-order valence-corrected chi connectivity index (χ2v) is 7.49. The quantitative estimate of drug-likeness (QED) is 0.410. The summed E-state index contributed by atoms with van der Waals surface area (Å²) < 4.78 is 10.9. The van der Waals surface area contributed by atoms with Crippen LogP contribution in [0.5, 0.6) is 11.5 Å². The highest BCUT2D eigenvalue weighted by Crippen LogP contribution is 2.74. The van der Waals surface area contributed by atoms with Crippen molar-refractivity contribution >= 4 is 35.1 Å². The molecule has 6 heteroatoms. The van der Waals surface area contributed by atoms with E-state index >= 15 is 0 Å². The molecule has 0 aromatic heterocycles. The second-order valence-electron chi connectivity index (χ2n) is 6.24. The Hall–Kier alpha value is -2.04. The lowest BCUT2D eigenvalue weighted by atomic mass is 9.49. The molecule has 0 bridgehead atoms. The van der Waals surface area contributed by atoms with Crippen molar-refractivity contribution in [3.63, 3.8) is 0 Å². The minimum atomic E-state index is -1.27. The number of fused-ring (bicyclic) bond motifs is 8. The third kappa shape index (κ3) is 1.39. The van der Waals surface area contributed by atoms with Crippen LogP contribution in [-0.4, -0.2) is 11.9 Å². The first-order valence-electron chi connectivity index (χ1n) is 7.49. The van der Waals surface area contributed by atoms with Gasteiger partial charge in [0.1, 0.15) is 33.1 Å². The summed E-state index contributed by atoms with van der Waals surface area (Å²) in [6, 6.07) is 13.9. The average Bonchev–Trinajstić information content (AvgIpc) is 2.53. The van der Waals surface area contributed by atoms with E-state index in [1.54, 1.807) is 48.5 Å². The van der Waals surface area contributed by atoms with Gasteiger partial charge >= 0.3 is 11.9 Å². The molecule has 0 N–H and O–H groups in total. The van der Waals surface area contributed by atoms with Crippen LogP contribution in [-0.2, 0) is 19.3 Å². The van der Waals surface area contributed by atoms with Crippen molar-refractivity contribution in [2.24, 2.45) is 11.8 Å². The van der Waals surface area contributed by atoms with Crippen LogP contribution in [0.25, 0.3) is 0 Å². The largest absolute Gasteiger partial charge is 0.426 e. The van der Waals surface area contributed by atoms with Crippen molar-refractivity contribution in [1.82, 2.24) is 0 Å². The highest BCUT2D eigenvalue weighted by molar-refractivity contribution is 6.37. The van der Waals surface area contributed by atoms with Gasteiger partial charge in [-0.1, -0.05) is 36.4 Å². The molecule has 3 aliphatic rings. The third-order valence-electron chi connectivity index (χ3n) is 5.17. The van der Waals surface area contributed by atoms with Gasteiger partial charge in [0.05, 0.1) is 0 Å². The molecule has 0 spiro atoms. The number of alkyl halides is 2. The van der Waals surface area contributed by atoms with E-state index in [9.17, 15) is 9.59 Å². The smallest absolute Gasteiger partial charge is 0.318 e. The first-order chi connectivity index (χ1) is 11.5. The molecule has 0 amide bonds. The molecule has 5 rings (SSSR count). The highest BCUT2D eigenvalue weighted by Gasteiger charge is 2.81. The van der Waals surface area contributed by atoms with E-state index in [4.69, 9.17) is 32.7 Å². The summed E-state index contributed by atoms with van der Waals surface area (Å²) in [5.41, 5.74) is 1.18. The summed E-state index contributed by atoms with van der Waals surface area (Å²) in [6.45, 7) is 0. The van der Waals surface area contributed by atoms with E-state index in [0.717, 1.165) is 0 Å². The van der Waals surface area contributed by atoms with Gasteiger partial charge in [-0.15, -0.1) is 23.2 Å². The molecule has 2 aromatic rings. The topological polar surface area (TPSA) is 52.6 Å². The lowest BCUT2D eigenvalue weighted by Crippen LogP contribution is -2.73. The van der Waals surface area contributed by atoms with Gasteiger partial charge < -0.3 is 9.47 Å². The van der Waals surface area contributed by atoms with Gasteiger partial charge in [0.25, 0.3) is 0 Å². The Morgan fingerprint density at radius 3 is 1.50 bits per heavy atom. The first kappa shape index (κ1) is 14.3. The van der Waals surface area contributed by atoms with Gasteiger partial charge in [0, 0.05) is 11.1 Å². The molecule has 2 aromatic carbocycles. The number of carbonyl (C=O) groups excluding carboxylic acids is 2. The van der Waals surface area contributed by atoms with E-state index in [1.165, 1.54) is 0 Å². The van der Waals surface area contributed by atoms with Crippen LogP contribution in [0.1, 0.15) is 11.1 Å². The Labute approximate surface area is 147 Å². The van der Waals surface area contributed by atoms with Gasteiger partial charge in [-0.05, 0) is 12.1 Å². The molecule has 0 radical (unpaired) electrons. The number of benzene rings is 2. The summed E-state index contributed by atoms with van der Waals surface area (Å²) in [5.74, 6) is -2.08. The van der Waals surface area contributed by atoms with Gasteiger partial charge in [0.15, 0.2) is 0 Å². The van der Waals surface area contributed by atoms with E-state index in [-0.39, 0.29) is 0 Å². The minimum absolute atomic E-state index is 0.360. The van der Waals surface area contributed by atoms with E-state index in [0.29, 0.717) is 22.6 Å². The number of para-hydroxylation sites is 2. The Morgan fingerprint density at radius 2 is 1.08 bits per heavy atom. The molecule has 2 aliphatic heterocycles. The molecule has 120 valence electrons. The maximum atomic E-state index is 12.7. The number of carbonyl (C=O) groups is 2. The van der Waals surface area contributed by atoms with Crippen molar-refractivity contribution in [2.75, 3.05) is 0 Å². The lowest BCUT2D eigenvalue weighted by molar-refractivity contribution is -0.169. The Kier molecular flexibility index (Phi) is 2.58. The maximum absolute atomic E-state index is 12.7. The van der Waals surface area contributed by atoms with Crippen molar-refractivity contribution in [1.29, 1.82) is 0 Å².